The zero-order valence-electron chi connectivity index (χ0n) is 11.0. The van der Waals surface area contributed by atoms with Gasteiger partial charge in [-0.25, -0.2) is 4.98 Å². The van der Waals surface area contributed by atoms with Crippen LogP contribution in [0.5, 0.6) is 0 Å². The largest absolute Gasteiger partial charge is 0.367 e. The first-order chi connectivity index (χ1) is 9.09. The molecule has 3 heterocycles. The second kappa shape index (κ2) is 4.61. The van der Waals surface area contributed by atoms with Gasteiger partial charge in [0.25, 0.3) is 0 Å². The fourth-order valence-corrected chi connectivity index (χ4v) is 2.67. The average Bonchev–Trinajstić information content (AvgIpc) is 2.84. The van der Waals surface area contributed by atoms with E-state index in [1.807, 2.05) is 10.6 Å². The Bertz CT molecular complexity index is 584. The van der Waals surface area contributed by atoms with Gasteiger partial charge >= 0.3 is 0 Å². The molecular weight excluding hydrogens is 266 g/mol. The Morgan fingerprint density at radius 1 is 1.53 bits per heavy atom. The van der Waals surface area contributed by atoms with Crippen molar-refractivity contribution in [2.75, 3.05) is 23.9 Å². The van der Waals surface area contributed by atoms with Crippen molar-refractivity contribution in [3.63, 3.8) is 0 Å². The molecule has 1 fully saturated rings. The highest BCUT2D eigenvalue weighted by Crippen LogP contribution is 2.27. The van der Waals surface area contributed by atoms with E-state index in [-0.39, 0.29) is 11.7 Å². The van der Waals surface area contributed by atoms with Crippen molar-refractivity contribution in [1.29, 1.82) is 0 Å². The number of hydrogen-bond acceptors (Lipinski definition) is 5. The summed E-state index contributed by atoms with van der Waals surface area (Å²) < 4.78 is 7.79. The molecule has 1 unspecified atom stereocenters. The number of nitrogens with zero attached hydrogens (tertiary/aromatic N) is 5. The van der Waals surface area contributed by atoms with E-state index in [0.717, 1.165) is 18.0 Å². The highest BCUT2D eigenvalue weighted by molar-refractivity contribution is 6.18. The Balaban J connectivity index is 1.98. The van der Waals surface area contributed by atoms with Gasteiger partial charge in [0.15, 0.2) is 5.82 Å². The van der Waals surface area contributed by atoms with Crippen LogP contribution in [0.2, 0.25) is 0 Å². The third kappa shape index (κ3) is 2.37. The summed E-state index contributed by atoms with van der Waals surface area (Å²) in [4.78, 5) is 6.61. The zero-order valence-corrected chi connectivity index (χ0v) is 11.7. The highest BCUT2D eigenvalue weighted by atomic mass is 35.5. The number of ether oxygens (including phenoxy) is 1. The van der Waals surface area contributed by atoms with Crippen LogP contribution in [0.25, 0.3) is 5.65 Å². The smallest absolute Gasteiger partial charge is 0.203 e. The summed E-state index contributed by atoms with van der Waals surface area (Å²) in [5, 5.41) is 8.05. The van der Waals surface area contributed by atoms with Crippen molar-refractivity contribution in [2.45, 2.75) is 25.6 Å². The molecule has 6 nitrogen and oxygen atoms in total. The van der Waals surface area contributed by atoms with E-state index >= 15 is 0 Å². The Labute approximate surface area is 116 Å². The fourth-order valence-electron chi connectivity index (χ4n) is 2.51. The van der Waals surface area contributed by atoms with E-state index in [1.165, 1.54) is 0 Å². The highest BCUT2D eigenvalue weighted by Gasteiger charge is 2.34. The van der Waals surface area contributed by atoms with Gasteiger partial charge in [0.1, 0.15) is 6.33 Å². The van der Waals surface area contributed by atoms with Gasteiger partial charge in [-0.3, -0.25) is 4.40 Å². The number of halogens is 1. The van der Waals surface area contributed by atoms with Crippen LogP contribution in [0.1, 0.15) is 13.8 Å². The molecule has 2 aromatic heterocycles. The quantitative estimate of drug-likeness (QED) is 0.778. The molecule has 0 N–H and O–H groups in total. The molecule has 0 spiro atoms. The topological polar surface area (TPSA) is 55.6 Å². The second-order valence-electron chi connectivity index (χ2n) is 5.35. The minimum Gasteiger partial charge on any atom is -0.367 e. The van der Waals surface area contributed by atoms with Gasteiger partial charge in [-0.05, 0) is 13.8 Å². The summed E-state index contributed by atoms with van der Waals surface area (Å²) >= 11 is 5.95. The normalized spacial score (nSPS) is 22.9. The van der Waals surface area contributed by atoms with Crippen molar-refractivity contribution in [3.8, 4) is 0 Å². The van der Waals surface area contributed by atoms with Crippen molar-refractivity contribution in [3.05, 3.63) is 18.7 Å². The molecular formula is C12H16ClN5O. The Morgan fingerprint density at radius 2 is 2.37 bits per heavy atom. The van der Waals surface area contributed by atoms with E-state index in [1.54, 1.807) is 12.5 Å². The summed E-state index contributed by atoms with van der Waals surface area (Å²) in [7, 11) is 0. The number of anilines is 1. The predicted octanol–water partition coefficient (Wildman–Crippen LogP) is 1.35. The molecule has 0 aliphatic carbocycles. The maximum Gasteiger partial charge on any atom is 0.203 e. The summed E-state index contributed by atoms with van der Waals surface area (Å²) in [6, 6.07) is 0. The van der Waals surface area contributed by atoms with Crippen molar-refractivity contribution < 1.29 is 4.74 Å². The molecule has 0 aromatic carbocycles. The number of hydrogen-bond donors (Lipinski definition) is 0. The molecule has 102 valence electrons. The molecule has 19 heavy (non-hydrogen) atoms. The third-order valence-electron chi connectivity index (χ3n) is 3.15. The summed E-state index contributed by atoms with van der Waals surface area (Å²) in [5.74, 6) is 1.29. The number of rotatable bonds is 2. The first-order valence-corrected chi connectivity index (χ1v) is 6.75. The first-order valence-electron chi connectivity index (χ1n) is 6.22. The van der Waals surface area contributed by atoms with Gasteiger partial charge in [-0.2, -0.15) is 0 Å². The predicted molar refractivity (Wildman–Crippen MR) is 72.7 cm³/mol. The maximum atomic E-state index is 5.95. The Hall–Kier alpha value is -1.40. The lowest BCUT2D eigenvalue weighted by atomic mass is 10.1. The number of fused-ring (bicyclic) bond motifs is 1. The minimum absolute atomic E-state index is 0.00426. The van der Waals surface area contributed by atoms with Gasteiger partial charge < -0.3 is 9.64 Å². The number of aromatic nitrogens is 4. The van der Waals surface area contributed by atoms with Crippen LogP contribution in [0.3, 0.4) is 0 Å². The van der Waals surface area contributed by atoms with Crippen molar-refractivity contribution >= 4 is 23.1 Å². The third-order valence-corrected chi connectivity index (χ3v) is 3.49. The molecule has 0 radical (unpaired) electrons. The lowest BCUT2D eigenvalue weighted by Gasteiger charge is -2.42. The van der Waals surface area contributed by atoms with Gasteiger partial charge in [0, 0.05) is 25.5 Å². The molecule has 1 aliphatic rings. The van der Waals surface area contributed by atoms with Crippen LogP contribution in [0.4, 0.5) is 5.82 Å². The van der Waals surface area contributed by atoms with E-state index in [2.05, 4.69) is 33.9 Å². The minimum atomic E-state index is -0.258. The van der Waals surface area contributed by atoms with Crippen molar-refractivity contribution in [2.24, 2.45) is 0 Å². The van der Waals surface area contributed by atoms with E-state index in [0.29, 0.717) is 12.4 Å². The van der Waals surface area contributed by atoms with Gasteiger partial charge in [0.2, 0.25) is 5.65 Å². The van der Waals surface area contributed by atoms with Crippen LogP contribution in [0, 0.1) is 0 Å². The maximum absolute atomic E-state index is 5.95. The molecule has 1 atom stereocenters. The van der Waals surface area contributed by atoms with E-state index < -0.39 is 0 Å². The van der Waals surface area contributed by atoms with E-state index in [4.69, 9.17) is 16.3 Å². The summed E-state index contributed by atoms with van der Waals surface area (Å²) in [5.41, 5.74) is 0.500. The summed E-state index contributed by atoms with van der Waals surface area (Å²) in [6.45, 7) is 5.58. The number of alkyl halides is 1. The number of morpholine rings is 1. The van der Waals surface area contributed by atoms with Gasteiger partial charge in [-0.15, -0.1) is 21.8 Å². The summed E-state index contributed by atoms with van der Waals surface area (Å²) in [6.07, 6.45) is 5.26. The molecule has 1 aliphatic heterocycles. The van der Waals surface area contributed by atoms with Gasteiger partial charge in [-0.1, -0.05) is 0 Å². The molecule has 1 saturated heterocycles. The van der Waals surface area contributed by atoms with E-state index in [9.17, 15) is 0 Å². The Morgan fingerprint density at radius 3 is 3.16 bits per heavy atom. The molecule has 7 heteroatoms. The molecule has 3 rings (SSSR count). The standard InChI is InChI=1S/C12H16ClN5O/c1-12(2)7-18(6-9(5-13)19-12)10-11-16-15-8-17(11)4-3-14-10/h3-4,8-9H,5-7H2,1-2H3. The zero-order chi connectivity index (χ0) is 13.5. The first kappa shape index (κ1) is 12.6. The second-order valence-corrected chi connectivity index (χ2v) is 5.66. The van der Waals surface area contributed by atoms with Crippen LogP contribution >= 0.6 is 11.6 Å². The van der Waals surface area contributed by atoms with Crippen molar-refractivity contribution in [1.82, 2.24) is 19.6 Å². The van der Waals surface area contributed by atoms with Crippen LogP contribution in [-0.4, -0.2) is 50.3 Å². The molecule has 0 saturated carbocycles. The monoisotopic (exact) mass is 281 g/mol. The molecule has 0 bridgehead atoms. The molecule has 0 amide bonds. The van der Waals surface area contributed by atoms with Crippen LogP contribution < -0.4 is 4.90 Å². The lowest BCUT2D eigenvalue weighted by molar-refractivity contribution is -0.0735. The fraction of sp³-hybridized carbons (Fsp3) is 0.583. The Kier molecular flexibility index (Phi) is 3.06. The van der Waals surface area contributed by atoms with Crippen LogP contribution in [0.15, 0.2) is 18.7 Å². The SMILES string of the molecule is CC1(C)CN(c2nccn3cnnc23)CC(CCl)O1. The average molecular weight is 282 g/mol. The van der Waals surface area contributed by atoms with Crippen LogP contribution in [-0.2, 0) is 4.74 Å². The molecule has 2 aromatic rings. The van der Waals surface area contributed by atoms with Gasteiger partial charge in [0.05, 0.1) is 17.6 Å². The lowest BCUT2D eigenvalue weighted by Crippen LogP contribution is -2.53.